The molecule has 0 aliphatic rings. The van der Waals surface area contributed by atoms with Crippen molar-refractivity contribution in [2.45, 2.75) is 20.3 Å². The molecule has 1 amide bonds. The van der Waals surface area contributed by atoms with Gasteiger partial charge in [-0.05, 0) is 53.4 Å². The Balaban J connectivity index is 1.50. The quantitative estimate of drug-likeness (QED) is 0.398. The second kappa shape index (κ2) is 8.10. The lowest BCUT2D eigenvalue weighted by atomic mass is 10.0. The molecule has 0 fully saturated rings. The summed E-state index contributed by atoms with van der Waals surface area (Å²) < 4.78 is 5.82. The van der Waals surface area contributed by atoms with E-state index in [9.17, 15) is 4.79 Å². The summed E-state index contributed by atoms with van der Waals surface area (Å²) in [6.07, 6.45) is 0.519. The maximum Gasteiger partial charge on any atom is 0.227 e. The fraction of sp³-hybridized carbons (Fsp3) is 0.167. The van der Waals surface area contributed by atoms with Gasteiger partial charge in [0.1, 0.15) is 5.52 Å². The second-order valence-corrected chi connectivity index (χ2v) is 7.87. The minimum atomic E-state index is 0.0386. The highest BCUT2D eigenvalue weighted by atomic mass is 35.5. The first-order valence-electron chi connectivity index (χ1n) is 9.55. The van der Waals surface area contributed by atoms with Gasteiger partial charge in [-0.15, -0.1) is 0 Å². The van der Waals surface area contributed by atoms with E-state index in [-0.39, 0.29) is 5.91 Å². The number of oxazole rings is 1. The van der Waals surface area contributed by atoms with Crippen molar-refractivity contribution in [3.05, 3.63) is 71.8 Å². The van der Waals surface area contributed by atoms with Crippen LogP contribution in [-0.2, 0) is 4.79 Å². The van der Waals surface area contributed by atoms with E-state index in [2.05, 4.69) is 10.3 Å². The summed E-state index contributed by atoms with van der Waals surface area (Å²) in [5.41, 5.74) is 5.31. The zero-order valence-electron chi connectivity index (χ0n) is 16.3. The Bertz CT molecular complexity index is 1150. The highest BCUT2D eigenvalue weighted by Crippen LogP contribution is 2.29. The van der Waals surface area contributed by atoms with Gasteiger partial charge in [0.25, 0.3) is 0 Å². The van der Waals surface area contributed by atoms with Gasteiger partial charge in [-0.3, -0.25) is 4.79 Å². The smallest absolute Gasteiger partial charge is 0.227 e. The van der Waals surface area contributed by atoms with Crippen LogP contribution in [0.15, 0.2) is 71.1 Å². The van der Waals surface area contributed by atoms with E-state index in [0.717, 1.165) is 27.9 Å². The Morgan fingerprint density at radius 1 is 0.966 bits per heavy atom. The van der Waals surface area contributed by atoms with Gasteiger partial charge in [0.15, 0.2) is 5.58 Å². The number of aromatic nitrogens is 1. The first-order valence-corrected chi connectivity index (χ1v) is 9.92. The van der Waals surface area contributed by atoms with E-state index >= 15 is 0 Å². The van der Waals surface area contributed by atoms with E-state index in [1.54, 1.807) is 12.1 Å². The van der Waals surface area contributed by atoms with Crippen molar-refractivity contribution in [3.63, 3.8) is 0 Å². The third-order valence-corrected chi connectivity index (χ3v) is 4.81. The number of nitrogens with one attached hydrogen (secondary N) is 1. The van der Waals surface area contributed by atoms with Gasteiger partial charge in [0.05, 0.1) is 0 Å². The summed E-state index contributed by atoms with van der Waals surface area (Å²) in [6, 6.07) is 21.3. The average Bonchev–Trinajstić information content (AvgIpc) is 3.11. The number of nitrogens with zero attached hydrogens (tertiary/aromatic N) is 1. The molecule has 146 valence electrons. The zero-order valence-corrected chi connectivity index (χ0v) is 17.0. The molecule has 4 rings (SSSR count). The van der Waals surface area contributed by atoms with Crippen molar-refractivity contribution < 1.29 is 9.21 Å². The summed E-state index contributed by atoms with van der Waals surface area (Å²) in [4.78, 5) is 16.4. The SMILES string of the molecule is CC(C)CC(=O)Nc1ccc(-c2ccc(-c3nc4ccc(Cl)cc4o3)cc2)cc1. The average molecular weight is 405 g/mol. The number of amides is 1. The molecule has 3 aromatic carbocycles. The molecular weight excluding hydrogens is 384 g/mol. The Morgan fingerprint density at radius 2 is 1.59 bits per heavy atom. The van der Waals surface area contributed by atoms with Crippen molar-refractivity contribution in [1.29, 1.82) is 0 Å². The minimum absolute atomic E-state index is 0.0386. The summed E-state index contributed by atoms with van der Waals surface area (Å²) in [7, 11) is 0. The highest BCUT2D eigenvalue weighted by Gasteiger charge is 2.09. The summed E-state index contributed by atoms with van der Waals surface area (Å²) >= 11 is 6.01. The molecule has 4 nitrogen and oxygen atoms in total. The third kappa shape index (κ3) is 4.49. The van der Waals surface area contributed by atoms with Crippen LogP contribution in [0.4, 0.5) is 5.69 Å². The Labute approximate surface area is 174 Å². The Kier molecular flexibility index (Phi) is 5.36. The van der Waals surface area contributed by atoms with Crippen LogP contribution in [0.2, 0.25) is 5.02 Å². The minimum Gasteiger partial charge on any atom is -0.436 e. The molecule has 0 saturated heterocycles. The predicted octanol–water partition coefficient (Wildman–Crippen LogP) is 6.80. The van der Waals surface area contributed by atoms with Gasteiger partial charge in [-0.2, -0.15) is 0 Å². The number of halogens is 1. The molecule has 5 heteroatoms. The Hall–Kier alpha value is -3.11. The third-order valence-electron chi connectivity index (χ3n) is 4.58. The highest BCUT2D eigenvalue weighted by molar-refractivity contribution is 6.31. The van der Waals surface area contributed by atoms with Crippen LogP contribution in [0.25, 0.3) is 33.7 Å². The molecule has 0 aliphatic heterocycles. The van der Waals surface area contributed by atoms with E-state index in [4.69, 9.17) is 16.0 Å². The topological polar surface area (TPSA) is 55.1 Å². The molecule has 29 heavy (non-hydrogen) atoms. The number of carbonyl (C=O) groups is 1. The molecule has 1 heterocycles. The van der Waals surface area contributed by atoms with Crippen LogP contribution in [0.1, 0.15) is 20.3 Å². The number of anilines is 1. The summed E-state index contributed by atoms with van der Waals surface area (Å²) in [5, 5.41) is 3.55. The molecule has 1 aromatic heterocycles. The van der Waals surface area contributed by atoms with Gasteiger partial charge in [0.2, 0.25) is 11.8 Å². The fourth-order valence-electron chi connectivity index (χ4n) is 3.16. The number of benzene rings is 3. The van der Waals surface area contributed by atoms with Crippen LogP contribution < -0.4 is 5.32 Å². The molecule has 1 N–H and O–H groups in total. The summed E-state index contributed by atoms with van der Waals surface area (Å²) in [5.74, 6) is 0.944. The van der Waals surface area contributed by atoms with E-state index < -0.39 is 0 Å². The lowest BCUT2D eigenvalue weighted by molar-refractivity contribution is -0.116. The molecule has 0 radical (unpaired) electrons. The predicted molar refractivity (Wildman–Crippen MR) is 118 cm³/mol. The van der Waals surface area contributed by atoms with Crippen LogP contribution in [0, 0.1) is 5.92 Å². The largest absolute Gasteiger partial charge is 0.436 e. The van der Waals surface area contributed by atoms with Gasteiger partial charge < -0.3 is 9.73 Å². The van der Waals surface area contributed by atoms with Crippen LogP contribution >= 0.6 is 11.6 Å². The molecule has 0 aliphatic carbocycles. The monoisotopic (exact) mass is 404 g/mol. The number of hydrogen-bond acceptors (Lipinski definition) is 3. The van der Waals surface area contributed by atoms with Gasteiger partial charge >= 0.3 is 0 Å². The van der Waals surface area contributed by atoms with Gasteiger partial charge in [-0.25, -0.2) is 4.98 Å². The first kappa shape index (κ1) is 19.2. The molecule has 0 saturated carbocycles. The Morgan fingerprint density at radius 3 is 2.24 bits per heavy atom. The molecule has 4 aromatic rings. The number of hydrogen-bond donors (Lipinski definition) is 1. The normalized spacial score (nSPS) is 11.2. The molecular formula is C24H21ClN2O2. The van der Waals surface area contributed by atoms with Crippen LogP contribution in [0.5, 0.6) is 0 Å². The van der Waals surface area contributed by atoms with E-state index in [1.807, 2.05) is 68.4 Å². The standard InChI is InChI=1S/C24H21ClN2O2/c1-15(2)13-23(28)26-20-10-7-17(8-11-20)16-3-5-18(6-4-16)24-27-21-12-9-19(25)14-22(21)29-24/h3-12,14-15H,13H2,1-2H3,(H,26,28). The first-order chi connectivity index (χ1) is 14.0. The number of rotatable bonds is 5. The van der Waals surface area contributed by atoms with E-state index in [0.29, 0.717) is 28.8 Å². The molecule has 0 atom stereocenters. The second-order valence-electron chi connectivity index (χ2n) is 7.43. The van der Waals surface area contributed by atoms with Crippen molar-refractivity contribution in [2.24, 2.45) is 5.92 Å². The number of fused-ring (bicyclic) bond motifs is 1. The maximum atomic E-state index is 11.9. The number of carbonyl (C=O) groups excluding carboxylic acids is 1. The van der Waals surface area contributed by atoms with Crippen molar-refractivity contribution >= 4 is 34.3 Å². The molecule has 0 spiro atoms. The fourth-order valence-corrected chi connectivity index (χ4v) is 3.32. The lowest BCUT2D eigenvalue weighted by Crippen LogP contribution is -2.13. The summed E-state index contributed by atoms with van der Waals surface area (Å²) in [6.45, 7) is 4.06. The van der Waals surface area contributed by atoms with Crippen molar-refractivity contribution in [3.8, 4) is 22.6 Å². The maximum absolute atomic E-state index is 11.9. The van der Waals surface area contributed by atoms with Crippen LogP contribution in [-0.4, -0.2) is 10.9 Å². The lowest BCUT2D eigenvalue weighted by Gasteiger charge is -2.08. The molecule has 0 unspecified atom stereocenters. The zero-order chi connectivity index (χ0) is 20.4. The van der Waals surface area contributed by atoms with Crippen molar-refractivity contribution in [2.75, 3.05) is 5.32 Å². The van der Waals surface area contributed by atoms with Gasteiger partial charge in [-0.1, -0.05) is 49.7 Å². The van der Waals surface area contributed by atoms with Crippen molar-refractivity contribution in [1.82, 2.24) is 4.98 Å². The van der Waals surface area contributed by atoms with Gasteiger partial charge in [0, 0.05) is 28.8 Å². The molecule has 0 bridgehead atoms. The van der Waals surface area contributed by atoms with E-state index in [1.165, 1.54) is 0 Å². The van der Waals surface area contributed by atoms with Crippen LogP contribution in [0.3, 0.4) is 0 Å².